The number of carbonyl (C=O) groups is 2. The molecule has 0 radical (unpaired) electrons. The highest BCUT2D eigenvalue weighted by Gasteiger charge is 2.36. The van der Waals surface area contributed by atoms with Crippen LogP contribution < -0.4 is 4.90 Å². The van der Waals surface area contributed by atoms with Gasteiger partial charge in [-0.25, -0.2) is 4.90 Å². The maximum atomic E-state index is 13.1. The Morgan fingerprint density at radius 2 is 1.50 bits per heavy atom. The maximum absolute atomic E-state index is 13.1. The molecule has 126 valence electrons. The molecule has 0 bridgehead atoms. The van der Waals surface area contributed by atoms with Gasteiger partial charge in [-0.15, -0.1) is 0 Å². The van der Waals surface area contributed by atoms with E-state index >= 15 is 0 Å². The predicted molar refractivity (Wildman–Crippen MR) is 104 cm³/mol. The average molecular weight is 360 g/mol. The third-order valence-electron chi connectivity index (χ3n) is 4.27. The van der Waals surface area contributed by atoms with Crippen molar-refractivity contribution in [3.63, 3.8) is 0 Å². The molecule has 3 aromatic rings. The molecule has 0 aromatic heterocycles. The number of fused-ring (bicyclic) bond motifs is 1. The molecule has 26 heavy (non-hydrogen) atoms. The minimum Gasteiger partial charge on any atom is -0.268 e. The van der Waals surface area contributed by atoms with E-state index in [9.17, 15) is 9.59 Å². The zero-order chi connectivity index (χ0) is 18.1. The third-order valence-corrected chi connectivity index (χ3v) is 4.53. The number of hydrogen-bond donors (Lipinski definition) is 0. The van der Waals surface area contributed by atoms with E-state index in [-0.39, 0.29) is 11.8 Å². The molecular formula is C22H14ClNO2. The normalized spacial score (nSPS) is 14.6. The predicted octanol–water partition coefficient (Wildman–Crippen LogP) is 5.07. The summed E-state index contributed by atoms with van der Waals surface area (Å²) in [5, 5.41) is 0.631. The van der Waals surface area contributed by atoms with Crippen LogP contribution in [0, 0.1) is 0 Å². The monoisotopic (exact) mass is 359 g/mol. The number of hydrogen-bond acceptors (Lipinski definition) is 2. The van der Waals surface area contributed by atoms with Crippen molar-refractivity contribution in [1.82, 2.24) is 0 Å². The van der Waals surface area contributed by atoms with Crippen LogP contribution in [0.5, 0.6) is 0 Å². The lowest BCUT2D eigenvalue weighted by Gasteiger charge is -2.15. The Bertz CT molecular complexity index is 1020. The highest BCUT2D eigenvalue weighted by Crippen LogP contribution is 2.38. The molecule has 4 rings (SSSR count). The lowest BCUT2D eigenvalue weighted by atomic mass is 10.0. The Morgan fingerprint density at radius 3 is 2.23 bits per heavy atom. The van der Waals surface area contributed by atoms with Gasteiger partial charge in [-0.1, -0.05) is 60.1 Å². The lowest BCUT2D eigenvalue weighted by Crippen LogP contribution is -2.33. The Hall–Kier alpha value is -3.17. The first kappa shape index (κ1) is 16.3. The van der Waals surface area contributed by atoms with Gasteiger partial charge in [0.05, 0.1) is 11.3 Å². The minimum atomic E-state index is -0.331. The molecule has 0 saturated heterocycles. The van der Waals surface area contributed by atoms with Crippen LogP contribution in [0.15, 0.2) is 78.9 Å². The summed E-state index contributed by atoms with van der Waals surface area (Å²) in [5.41, 5.74) is 3.17. The van der Waals surface area contributed by atoms with Crippen molar-refractivity contribution in [2.24, 2.45) is 0 Å². The molecule has 4 heteroatoms. The van der Waals surface area contributed by atoms with Crippen LogP contribution in [0.2, 0.25) is 5.02 Å². The number of benzene rings is 3. The number of halogens is 1. The van der Waals surface area contributed by atoms with Gasteiger partial charge >= 0.3 is 0 Å². The highest BCUT2D eigenvalue weighted by atomic mass is 35.5. The van der Waals surface area contributed by atoms with Gasteiger partial charge < -0.3 is 0 Å². The summed E-state index contributed by atoms with van der Waals surface area (Å²) in [5.74, 6) is -0.655. The summed E-state index contributed by atoms with van der Waals surface area (Å²) in [7, 11) is 0. The second-order valence-corrected chi connectivity index (χ2v) is 6.37. The fourth-order valence-electron chi connectivity index (χ4n) is 3.02. The van der Waals surface area contributed by atoms with Crippen LogP contribution in [-0.2, 0) is 4.79 Å². The van der Waals surface area contributed by atoms with Crippen LogP contribution in [0.25, 0.3) is 11.6 Å². The van der Waals surface area contributed by atoms with Gasteiger partial charge in [0.15, 0.2) is 0 Å². The van der Waals surface area contributed by atoms with Crippen molar-refractivity contribution >= 4 is 40.8 Å². The summed E-state index contributed by atoms with van der Waals surface area (Å²) in [6, 6.07) is 23.4. The van der Waals surface area contributed by atoms with E-state index in [4.69, 9.17) is 11.6 Å². The molecule has 0 atom stereocenters. The van der Waals surface area contributed by atoms with Gasteiger partial charge in [-0.2, -0.15) is 0 Å². The van der Waals surface area contributed by atoms with Gasteiger partial charge in [-0.05, 0) is 42.0 Å². The van der Waals surface area contributed by atoms with Crippen molar-refractivity contribution < 1.29 is 9.59 Å². The topological polar surface area (TPSA) is 37.4 Å². The molecule has 1 heterocycles. The summed E-state index contributed by atoms with van der Waals surface area (Å²) < 4.78 is 0. The van der Waals surface area contributed by atoms with Crippen LogP contribution in [0.1, 0.15) is 21.5 Å². The standard InChI is InChI=1S/C22H14ClNO2/c23-17-12-10-15(11-13-17)14-19-18-8-4-5-9-20(18)24(22(19)26)21(25)16-6-2-1-3-7-16/h1-14H/b19-14+. The number of nitrogens with zero attached hydrogens (tertiary/aromatic N) is 1. The number of rotatable bonds is 2. The Kier molecular flexibility index (Phi) is 4.15. The van der Waals surface area contributed by atoms with Gasteiger partial charge in [0.1, 0.15) is 0 Å². The smallest absolute Gasteiger partial charge is 0.266 e. The quantitative estimate of drug-likeness (QED) is 0.473. The second-order valence-electron chi connectivity index (χ2n) is 5.94. The molecule has 1 aliphatic rings. The Balaban J connectivity index is 1.80. The molecule has 0 fully saturated rings. The molecule has 0 N–H and O–H groups in total. The van der Waals surface area contributed by atoms with E-state index in [2.05, 4.69) is 0 Å². The largest absolute Gasteiger partial charge is 0.268 e. The van der Waals surface area contributed by atoms with Crippen LogP contribution in [-0.4, -0.2) is 11.8 Å². The van der Waals surface area contributed by atoms with E-state index in [0.29, 0.717) is 21.8 Å². The summed E-state index contributed by atoms with van der Waals surface area (Å²) in [6.45, 7) is 0. The van der Waals surface area contributed by atoms with Crippen molar-refractivity contribution in [3.05, 3.63) is 101 Å². The van der Waals surface area contributed by atoms with Crippen molar-refractivity contribution in [3.8, 4) is 0 Å². The van der Waals surface area contributed by atoms with Crippen LogP contribution in [0.3, 0.4) is 0 Å². The molecule has 0 aliphatic carbocycles. The van der Waals surface area contributed by atoms with Crippen LogP contribution in [0.4, 0.5) is 5.69 Å². The number of para-hydroxylation sites is 1. The molecule has 0 spiro atoms. The number of anilines is 1. The Morgan fingerprint density at radius 1 is 0.846 bits per heavy atom. The average Bonchev–Trinajstić information content (AvgIpc) is 2.95. The van der Waals surface area contributed by atoms with E-state index in [1.165, 1.54) is 4.90 Å². The first-order valence-corrected chi connectivity index (χ1v) is 8.53. The van der Waals surface area contributed by atoms with Crippen molar-refractivity contribution in [1.29, 1.82) is 0 Å². The Labute approximate surface area is 156 Å². The third kappa shape index (κ3) is 2.83. The minimum absolute atomic E-state index is 0.324. The van der Waals surface area contributed by atoms with Gasteiger partial charge in [0, 0.05) is 16.1 Å². The highest BCUT2D eigenvalue weighted by molar-refractivity contribution is 6.43. The zero-order valence-electron chi connectivity index (χ0n) is 13.7. The van der Waals surface area contributed by atoms with Crippen LogP contribution >= 0.6 is 11.6 Å². The lowest BCUT2D eigenvalue weighted by molar-refractivity contribution is -0.112. The molecule has 3 aromatic carbocycles. The second kappa shape index (κ2) is 6.62. The van der Waals surface area contributed by atoms with Crippen molar-refractivity contribution in [2.75, 3.05) is 4.90 Å². The first-order valence-electron chi connectivity index (χ1n) is 8.15. The number of amides is 2. The van der Waals surface area contributed by atoms with Gasteiger partial charge in [-0.3, -0.25) is 9.59 Å². The summed E-state index contributed by atoms with van der Waals surface area (Å²) in [6.07, 6.45) is 1.79. The molecule has 2 amide bonds. The summed E-state index contributed by atoms with van der Waals surface area (Å²) >= 11 is 5.93. The summed E-state index contributed by atoms with van der Waals surface area (Å²) in [4.78, 5) is 27.2. The van der Waals surface area contributed by atoms with Gasteiger partial charge in [0.25, 0.3) is 11.8 Å². The fraction of sp³-hybridized carbons (Fsp3) is 0. The van der Waals surface area contributed by atoms with E-state index < -0.39 is 0 Å². The molecular weight excluding hydrogens is 346 g/mol. The zero-order valence-corrected chi connectivity index (χ0v) is 14.5. The molecule has 3 nitrogen and oxygen atoms in total. The molecule has 0 unspecified atom stereocenters. The van der Waals surface area contributed by atoms with E-state index in [1.807, 2.05) is 36.4 Å². The number of carbonyl (C=O) groups excluding carboxylic acids is 2. The van der Waals surface area contributed by atoms with Gasteiger partial charge in [0.2, 0.25) is 0 Å². The first-order chi connectivity index (χ1) is 12.6. The SMILES string of the molecule is O=C1/C(=C/c2ccc(Cl)cc2)c2ccccc2N1C(=O)c1ccccc1. The van der Waals surface area contributed by atoms with E-state index in [0.717, 1.165) is 11.1 Å². The van der Waals surface area contributed by atoms with E-state index in [1.54, 1.807) is 48.5 Å². The number of imide groups is 1. The van der Waals surface area contributed by atoms with Crippen molar-refractivity contribution in [2.45, 2.75) is 0 Å². The molecule has 0 saturated carbocycles. The fourth-order valence-corrected chi connectivity index (χ4v) is 3.14. The maximum Gasteiger partial charge on any atom is 0.266 e. The molecule has 1 aliphatic heterocycles.